The summed E-state index contributed by atoms with van der Waals surface area (Å²) in [5.74, 6) is -0.680. The Morgan fingerprint density at radius 3 is 0.800 bits per heavy atom. The molecular formula is C30H57FeN3O6+3. The van der Waals surface area contributed by atoms with E-state index in [0.717, 1.165) is 38.5 Å². The molecular weight excluding hydrogens is 554 g/mol. The number of rotatable bonds is 21. The number of carbonyl (C=O) groups is 6. The van der Waals surface area contributed by atoms with E-state index in [0.29, 0.717) is 19.6 Å². The second kappa shape index (κ2) is 35.0. The van der Waals surface area contributed by atoms with E-state index < -0.39 is 0 Å². The average molecular weight is 612 g/mol. The van der Waals surface area contributed by atoms with E-state index in [1.807, 2.05) is 0 Å². The molecule has 0 rings (SSSR count). The molecule has 0 heterocycles. The number of hydrogen-bond donors (Lipinski definition) is 3. The Bertz CT molecular complexity index is 596. The Hall–Kier alpha value is -2.06. The SMILES string of the molecule is CCCCCCNC(=O)CC(C)=O.CCCCCCNC(=O)CC(C)=O.CCCCCCNC(=O)CC(C)=O.[Fe+3]. The van der Waals surface area contributed by atoms with Gasteiger partial charge in [-0.1, -0.05) is 78.6 Å². The molecule has 0 atom stereocenters. The van der Waals surface area contributed by atoms with E-state index in [9.17, 15) is 28.8 Å². The van der Waals surface area contributed by atoms with Gasteiger partial charge in [-0.25, -0.2) is 0 Å². The Kier molecular flexibility index (Phi) is 39.3. The van der Waals surface area contributed by atoms with Crippen LogP contribution in [0.25, 0.3) is 0 Å². The first-order valence-electron chi connectivity index (χ1n) is 14.8. The number of carbonyl (C=O) groups excluding carboxylic acids is 6. The zero-order valence-electron chi connectivity index (χ0n) is 26.0. The Morgan fingerprint density at radius 2 is 0.625 bits per heavy atom. The number of amides is 3. The Balaban J connectivity index is -0.000000240. The molecule has 0 spiro atoms. The van der Waals surface area contributed by atoms with Crippen LogP contribution in [0, 0.1) is 0 Å². The standard InChI is InChI=1S/3C10H19NO2.Fe/c3*1-3-4-5-6-7-11-10(13)8-9(2)12;/h3*3-8H2,1-2H3,(H,11,13);/q;;;+3. The summed E-state index contributed by atoms with van der Waals surface area (Å²) in [7, 11) is 0. The van der Waals surface area contributed by atoms with Crippen molar-refractivity contribution in [3.8, 4) is 0 Å². The van der Waals surface area contributed by atoms with Crippen LogP contribution in [-0.4, -0.2) is 54.7 Å². The second-order valence-electron chi connectivity index (χ2n) is 9.87. The van der Waals surface area contributed by atoms with Crippen molar-refractivity contribution in [1.29, 1.82) is 0 Å². The number of nitrogens with one attached hydrogen (secondary N) is 3. The number of ketones is 3. The van der Waals surface area contributed by atoms with Gasteiger partial charge in [0.15, 0.2) is 0 Å². The third kappa shape index (κ3) is 45.8. The molecule has 0 bridgehead atoms. The van der Waals surface area contributed by atoms with Crippen molar-refractivity contribution < 1.29 is 45.8 Å². The Morgan fingerprint density at radius 1 is 0.400 bits per heavy atom. The van der Waals surface area contributed by atoms with Crippen LogP contribution in [0.15, 0.2) is 0 Å². The first kappa shape index (κ1) is 44.9. The van der Waals surface area contributed by atoms with E-state index in [-0.39, 0.29) is 71.4 Å². The second-order valence-corrected chi connectivity index (χ2v) is 9.87. The molecule has 9 nitrogen and oxygen atoms in total. The molecule has 0 saturated carbocycles. The van der Waals surface area contributed by atoms with E-state index >= 15 is 0 Å². The number of unbranched alkanes of at least 4 members (excludes halogenated alkanes) is 9. The minimum Gasteiger partial charge on any atom is -0.356 e. The Labute approximate surface area is 254 Å². The molecule has 1 radical (unpaired) electrons. The first-order chi connectivity index (χ1) is 18.5. The van der Waals surface area contributed by atoms with E-state index in [4.69, 9.17) is 0 Å². The fourth-order valence-corrected chi connectivity index (χ4v) is 3.20. The van der Waals surface area contributed by atoms with Crippen LogP contribution >= 0.6 is 0 Å². The van der Waals surface area contributed by atoms with Gasteiger partial charge in [0.25, 0.3) is 0 Å². The van der Waals surface area contributed by atoms with E-state index in [2.05, 4.69) is 36.7 Å². The van der Waals surface area contributed by atoms with Gasteiger partial charge in [0.2, 0.25) is 17.7 Å². The molecule has 0 saturated heterocycles. The van der Waals surface area contributed by atoms with Crippen molar-refractivity contribution in [1.82, 2.24) is 16.0 Å². The summed E-state index contributed by atoms with van der Waals surface area (Å²) >= 11 is 0. The number of Topliss-reactive ketones (excluding diaryl/α,β-unsaturated/α-hetero) is 3. The van der Waals surface area contributed by atoms with Crippen LogP contribution in [-0.2, 0) is 45.8 Å². The van der Waals surface area contributed by atoms with Gasteiger partial charge >= 0.3 is 17.1 Å². The fourth-order valence-electron chi connectivity index (χ4n) is 3.20. The zero-order valence-corrected chi connectivity index (χ0v) is 27.1. The molecule has 40 heavy (non-hydrogen) atoms. The summed E-state index contributed by atoms with van der Waals surface area (Å²) in [5.41, 5.74) is 0. The summed E-state index contributed by atoms with van der Waals surface area (Å²) in [6.07, 6.45) is 13.8. The molecule has 0 fully saturated rings. The number of hydrogen-bond acceptors (Lipinski definition) is 6. The van der Waals surface area contributed by atoms with Crippen molar-refractivity contribution in [2.24, 2.45) is 0 Å². The van der Waals surface area contributed by atoms with Crippen LogP contribution in [0.5, 0.6) is 0 Å². The normalized spacial score (nSPS) is 9.45. The molecule has 0 unspecified atom stereocenters. The monoisotopic (exact) mass is 611 g/mol. The summed E-state index contributed by atoms with van der Waals surface area (Å²) < 4.78 is 0. The first-order valence-corrected chi connectivity index (χ1v) is 14.8. The van der Waals surface area contributed by atoms with Crippen LogP contribution in [0.4, 0.5) is 0 Å². The van der Waals surface area contributed by atoms with Gasteiger partial charge in [-0.15, -0.1) is 0 Å². The summed E-state index contributed by atoms with van der Waals surface area (Å²) in [6.45, 7) is 12.8. The minimum absolute atomic E-state index is 0. The molecule has 0 aromatic rings. The maximum Gasteiger partial charge on any atom is 3.00 e. The minimum atomic E-state index is -0.149. The van der Waals surface area contributed by atoms with E-state index in [1.54, 1.807) is 0 Å². The van der Waals surface area contributed by atoms with Gasteiger partial charge < -0.3 is 16.0 Å². The maximum atomic E-state index is 11.0. The van der Waals surface area contributed by atoms with Gasteiger partial charge in [0.1, 0.15) is 17.3 Å². The molecule has 0 aliphatic rings. The summed E-state index contributed by atoms with van der Waals surface area (Å²) in [5, 5.41) is 8.14. The van der Waals surface area contributed by atoms with Gasteiger partial charge in [0.05, 0.1) is 19.3 Å². The molecule has 10 heteroatoms. The molecule has 0 aromatic heterocycles. The average Bonchev–Trinajstić information content (AvgIpc) is 2.83. The van der Waals surface area contributed by atoms with Crippen molar-refractivity contribution in [3.05, 3.63) is 0 Å². The molecule has 0 aliphatic heterocycles. The van der Waals surface area contributed by atoms with Crippen molar-refractivity contribution >= 4 is 35.1 Å². The maximum absolute atomic E-state index is 11.0. The predicted molar refractivity (Wildman–Crippen MR) is 157 cm³/mol. The van der Waals surface area contributed by atoms with Gasteiger partial charge in [-0.2, -0.15) is 0 Å². The van der Waals surface area contributed by atoms with Gasteiger partial charge in [-0.05, 0) is 40.0 Å². The third-order valence-electron chi connectivity index (χ3n) is 5.29. The fraction of sp³-hybridized carbons (Fsp3) is 0.800. The van der Waals surface area contributed by atoms with Crippen LogP contribution in [0.3, 0.4) is 0 Å². The van der Waals surface area contributed by atoms with Crippen LogP contribution in [0.2, 0.25) is 0 Å². The van der Waals surface area contributed by atoms with Gasteiger partial charge in [0, 0.05) is 19.6 Å². The van der Waals surface area contributed by atoms with Crippen molar-refractivity contribution in [3.63, 3.8) is 0 Å². The zero-order chi connectivity index (χ0) is 30.3. The van der Waals surface area contributed by atoms with Gasteiger partial charge in [-0.3, -0.25) is 28.8 Å². The summed E-state index contributed by atoms with van der Waals surface area (Å²) in [4.78, 5) is 64.4. The largest absolute Gasteiger partial charge is 3.00 e. The smallest absolute Gasteiger partial charge is 0.356 e. The van der Waals surface area contributed by atoms with Crippen LogP contribution in [0.1, 0.15) is 138 Å². The molecule has 3 amide bonds. The van der Waals surface area contributed by atoms with Crippen molar-refractivity contribution in [2.75, 3.05) is 19.6 Å². The molecule has 233 valence electrons. The molecule has 0 aliphatic carbocycles. The molecule has 0 aromatic carbocycles. The molecule has 3 N–H and O–H groups in total. The predicted octanol–water partition coefficient (Wildman–Crippen LogP) is 4.98. The van der Waals surface area contributed by atoms with Crippen LogP contribution < -0.4 is 16.0 Å². The quantitative estimate of drug-likeness (QED) is 0.0951. The van der Waals surface area contributed by atoms with Crippen molar-refractivity contribution in [2.45, 2.75) is 138 Å². The third-order valence-corrected chi connectivity index (χ3v) is 5.29. The van der Waals surface area contributed by atoms with E-state index in [1.165, 1.54) is 59.3 Å². The topological polar surface area (TPSA) is 139 Å². The summed E-state index contributed by atoms with van der Waals surface area (Å²) in [6, 6.07) is 0.